The molecular formula is C13H18F3N5O. The van der Waals surface area contributed by atoms with Crippen LogP contribution in [0.2, 0.25) is 0 Å². The summed E-state index contributed by atoms with van der Waals surface area (Å²) in [5.41, 5.74) is 5.15. The average Bonchev–Trinajstić information content (AvgIpc) is 2.45. The molecular weight excluding hydrogens is 299 g/mol. The van der Waals surface area contributed by atoms with Crippen LogP contribution in [0.15, 0.2) is 12.1 Å². The number of rotatable bonds is 5. The van der Waals surface area contributed by atoms with Gasteiger partial charge in [-0.05, 0) is 44.0 Å². The van der Waals surface area contributed by atoms with Gasteiger partial charge in [0.25, 0.3) is 5.91 Å². The first-order valence-electron chi connectivity index (χ1n) is 7.00. The van der Waals surface area contributed by atoms with Gasteiger partial charge in [-0.2, -0.15) is 13.2 Å². The average molecular weight is 317 g/mol. The summed E-state index contributed by atoms with van der Waals surface area (Å²) in [6.45, 7) is 0.661. The number of halogens is 3. The summed E-state index contributed by atoms with van der Waals surface area (Å²) in [5, 5.41) is 10.6. The maximum absolute atomic E-state index is 12.3. The first-order chi connectivity index (χ1) is 10.3. The Morgan fingerprint density at radius 3 is 2.50 bits per heavy atom. The highest BCUT2D eigenvalue weighted by atomic mass is 19.4. The highest BCUT2D eigenvalue weighted by Crippen LogP contribution is 2.22. The number of aromatic nitrogens is 2. The number of nitrogens with zero attached hydrogens (tertiary/aromatic N) is 3. The minimum atomic E-state index is -4.14. The predicted octanol–water partition coefficient (Wildman–Crippen LogP) is 1.26. The Morgan fingerprint density at radius 1 is 1.32 bits per heavy atom. The molecule has 1 aliphatic heterocycles. The maximum atomic E-state index is 12.3. The number of likely N-dealkylation sites (tertiary alicyclic amines) is 1. The van der Waals surface area contributed by atoms with E-state index >= 15 is 0 Å². The number of hydrogen-bond donors (Lipinski definition) is 2. The van der Waals surface area contributed by atoms with Crippen LogP contribution in [0, 0.1) is 5.92 Å². The monoisotopic (exact) mass is 317 g/mol. The lowest BCUT2D eigenvalue weighted by Crippen LogP contribution is -2.41. The van der Waals surface area contributed by atoms with Crippen LogP contribution in [0.25, 0.3) is 0 Å². The smallest absolute Gasteiger partial charge is 0.368 e. The van der Waals surface area contributed by atoms with Crippen LogP contribution in [0.5, 0.6) is 0 Å². The molecule has 0 saturated carbocycles. The van der Waals surface area contributed by atoms with E-state index in [1.54, 1.807) is 6.07 Å². The molecule has 0 bridgehead atoms. The van der Waals surface area contributed by atoms with Crippen LogP contribution in [0.3, 0.4) is 0 Å². The minimum absolute atomic E-state index is 0.0889. The zero-order chi connectivity index (χ0) is 16.2. The Labute approximate surface area is 125 Å². The van der Waals surface area contributed by atoms with E-state index in [0.29, 0.717) is 44.2 Å². The third-order valence-electron chi connectivity index (χ3n) is 3.60. The van der Waals surface area contributed by atoms with Crippen LogP contribution < -0.4 is 11.1 Å². The molecule has 1 fully saturated rings. The van der Waals surface area contributed by atoms with E-state index in [4.69, 9.17) is 5.73 Å². The number of anilines is 1. The number of piperidine rings is 1. The zero-order valence-corrected chi connectivity index (χ0v) is 11.9. The van der Waals surface area contributed by atoms with Crippen molar-refractivity contribution in [2.75, 3.05) is 31.5 Å². The molecule has 3 N–H and O–H groups in total. The van der Waals surface area contributed by atoms with E-state index in [1.165, 1.54) is 11.0 Å². The van der Waals surface area contributed by atoms with Gasteiger partial charge in [-0.3, -0.25) is 9.69 Å². The van der Waals surface area contributed by atoms with Gasteiger partial charge in [0.2, 0.25) is 0 Å². The molecule has 22 heavy (non-hydrogen) atoms. The first kappa shape index (κ1) is 16.5. The highest BCUT2D eigenvalue weighted by molar-refractivity contribution is 5.90. The number of hydrogen-bond acceptors (Lipinski definition) is 5. The lowest BCUT2D eigenvalue weighted by molar-refractivity contribution is -0.148. The number of nitrogens with one attached hydrogen (secondary N) is 1. The molecule has 1 aromatic heterocycles. The van der Waals surface area contributed by atoms with Gasteiger partial charge in [-0.1, -0.05) is 0 Å². The fraction of sp³-hybridized carbons (Fsp3) is 0.615. The second-order valence-corrected chi connectivity index (χ2v) is 5.38. The number of alkyl halides is 3. The molecule has 0 spiro atoms. The van der Waals surface area contributed by atoms with Crippen molar-refractivity contribution < 1.29 is 18.0 Å². The molecule has 1 aromatic rings. The standard InChI is InChI=1S/C13H18F3N5O/c14-13(15,16)8-21-5-3-9(4-6-21)7-18-11-2-1-10(12(17)22)19-20-11/h1-2,9H,3-8H2,(H2,17,22)(H,18,20). The maximum Gasteiger partial charge on any atom is 0.401 e. The van der Waals surface area contributed by atoms with Crippen LogP contribution in [-0.4, -0.2) is 53.4 Å². The van der Waals surface area contributed by atoms with E-state index in [9.17, 15) is 18.0 Å². The van der Waals surface area contributed by atoms with E-state index in [-0.39, 0.29) is 5.69 Å². The van der Waals surface area contributed by atoms with Crippen molar-refractivity contribution >= 4 is 11.7 Å². The number of carbonyl (C=O) groups excluding carboxylic acids is 1. The Bertz CT molecular complexity index is 497. The highest BCUT2D eigenvalue weighted by Gasteiger charge is 2.32. The molecule has 0 radical (unpaired) electrons. The van der Waals surface area contributed by atoms with Gasteiger partial charge in [0, 0.05) is 6.54 Å². The minimum Gasteiger partial charge on any atom is -0.368 e. The summed E-state index contributed by atoms with van der Waals surface area (Å²) in [6.07, 6.45) is -2.73. The van der Waals surface area contributed by atoms with Crippen molar-refractivity contribution in [1.29, 1.82) is 0 Å². The molecule has 0 unspecified atom stereocenters. The van der Waals surface area contributed by atoms with E-state index in [0.717, 1.165) is 0 Å². The van der Waals surface area contributed by atoms with Crippen LogP contribution in [-0.2, 0) is 0 Å². The van der Waals surface area contributed by atoms with Crippen molar-refractivity contribution in [1.82, 2.24) is 15.1 Å². The van der Waals surface area contributed by atoms with Gasteiger partial charge in [0.15, 0.2) is 5.69 Å². The Balaban J connectivity index is 1.73. The fourth-order valence-electron chi connectivity index (χ4n) is 2.41. The third kappa shape index (κ3) is 5.14. The lowest BCUT2D eigenvalue weighted by atomic mass is 9.97. The van der Waals surface area contributed by atoms with Crippen LogP contribution in [0.1, 0.15) is 23.3 Å². The zero-order valence-electron chi connectivity index (χ0n) is 11.9. The molecule has 9 heteroatoms. The summed E-state index contributed by atoms with van der Waals surface area (Å²) in [4.78, 5) is 12.3. The van der Waals surface area contributed by atoms with Gasteiger partial charge < -0.3 is 11.1 Å². The van der Waals surface area contributed by atoms with E-state index in [1.807, 2.05) is 0 Å². The van der Waals surface area contributed by atoms with Crippen LogP contribution >= 0.6 is 0 Å². The predicted molar refractivity (Wildman–Crippen MR) is 74.3 cm³/mol. The third-order valence-corrected chi connectivity index (χ3v) is 3.60. The van der Waals surface area contributed by atoms with E-state index in [2.05, 4.69) is 15.5 Å². The summed E-state index contributed by atoms with van der Waals surface area (Å²) >= 11 is 0. The molecule has 122 valence electrons. The summed E-state index contributed by atoms with van der Waals surface area (Å²) in [7, 11) is 0. The molecule has 2 rings (SSSR count). The molecule has 0 aromatic carbocycles. The molecule has 0 atom stereocenters. The normalized spacial score (nSPS) is 17.4. The summed E-state index contributed by atoms with van der Waals surface area (Å²) < 4.78 is 36.9. The largest absolute Gasteiger partial charge is 0.401 e. The molecule has 6 nitrogen and oxygen atoms in total. The molecule has 1 amide bonds. The number of nitrogens with two attached hydrogens (primary N) is 1. The Kier molecular flexibility index (Phi) is 5.17. The van der Waals surface area contributed by atoms with Crippen molar-refractivity contribution in [3.8, 4) is 0 Å². The van der Waals surface area contributed by atoms with Gasteiger partial charge in [-0.15, -0.1) is 10.2 Å². The van der Waals surface area contributed by atoms with Gasteiger partial charge in [0.1, 0.15) is 5.82 Å². The topological polar surface area (TPSA) is 84.1 Å². The fourth-order valence-corrected chi connectivity index (χ4v) is 2.41. The lowest BCUT2D eigenvalue weighted by Gasteiger charge is -2.32. The van der Waals surface area contributed by atoms with Crippen molar-refractivity contribution in [3.63, 3.8) is 0 Å². The Hall–Kier alpha value is -1.90. The molecule has 0 aliphatic carbocycles. The second kappa shape index (κ2) is 6.91. The van der Waals surface area contributed by atoms with Gasteiger partial charge >= 0.3 is 6.18 Å². The van der Waals surface area contributed by atoms with Crippen molar-refractivity contribution in [2.24, 2.45) is 11.7 Å². The summed E-state index contributed by atoms with van der Waals surface area (Å²) in [6, 6.07) is 3.08. The van der Waals surface area contributed by atoms with Gasteiger partial charge in [0.05, 0.1) is 6.54 Å². The molecule has 2 heterocycles. The second-order valence-electron chi connectivity index (χ2n) is 5.38. The van der Waals surface area contributed by atoms with Crippen LogP contribution in [0.4, 0.5) is 19.0 Å². The van der Waals surface area contributed by atoms with Crippen molar-refractivity contribution in [3.05, 3.63) is 17.8 Å². The first-order valence-corrected chi connectivity index (χ1v) is 7.00. The number of amides is 1. The molecule has 1 saturated heterocycles. The quantitative estimate of drug-likeness (QED) is 0.854. The molecule has 1 aliphatic rings. The Morgan fingerprint density at radius 2 is 2.00 bits per heavy atom. The number of primary amides is 1. The van der Waals surface area contributed by atoms with E-state index < -0.39 is 18.6 Å². The van der Waals surface area contributed by atoms with Gasteiger partial charge in [-0.25, -0.2) is 0 Å². The number of carbonyl (C=O) groups is 1. The SMILES string of the molecule is NC(=O)c1ccc(NCC2CCN(CC(F)(F)F)CC2)nn1. The summed E-state index contributed by atoms with van der Waals surface area (Å²) in [5.74, 6) is 0.168. The van der Waals surface area contributed by atoms with Crippen molar-refractivity contribution in [2.45, 2.75) is 19.0 Å².